The molecule has 0 N–H and O–H groups in total. The molecular weight excluding hydrogens is 308 g/mol. The monoisotopic (exact) mass is 340 g/mol. The number of carbonyl (C=O) groups excluding carboxylic acids is 2. The minimum atomic E-state index is -0.818. The second-order valence-corrected chi connectivity index (χ2v) is 9.58. The highest BCUT2D eigenvalue weighted by atomic mass is 16.2. The molecule has 0 saturated heterocycles. The van der Waals surface area contributed by atoms with Gasteiger partial charge in [-0.05, 0) is 78.3 Å². The fourth-order valence-corrected chi connectivity index (χ4v) is 7.71. The number of fused-ring (bicyclic) bond motifs is 3. The molecule has 2 nitrogen and oxygen atoms in total. The molecule has 0 heterocycles. The molecule has 2 heteroatoms. The Balaban J connectivity index is 1.94. The number of Topliss-reactive ketones (excluding diaryl/α,β-unsaturated/α-hetero) is 2. The zero-order chi connectivity index (χ0) is 18.2. The van der Waals surface area contributed by atoms with Crippen molar-refractivity contribution in [3.05, 3.63) is 24.3 Å². The van der Waals surface area contributed by atoms with Crippen molar-refractivity contribution in [1.82, 2.24) is 0 Å². The summed E-state index contributed by atoms with van der Waals surface area (Å²) in [7, 11) is 0. The van der Waals surface area contributed by atoms with Gasteiger partial charge in [0.05, 0.1) is 5.41 Å². The van der Waals surface area contributed by atoms with Gasteiger partial charge in [0.25, 0.3) is 0 Å². The van der Waals surface area contributed by atoms with Gasteiger partial charge in [-0.3, -0.25) is 9.59 Å². The fourth-order valence-electron chi connectivity index (χ4n) is 7.71. The van der Waals surface area contributed by atoms with Gasteiger partial charge in [0.2, 0.25) is 0 Å². The molecule has 0 aromatic rings. The largest absolute Gasteiger partial charge is 0.293 e. The topological polar surface area (TPSA) is 34.1 Å². The lowest BCUT2D eigenvalue weighted by atomic mass is 9.34. The van der Waals surface area contributed by atoms with Crippen molar-refractivity contribution in [2.24, 2.45) is 34.0 Å². The van der Waals surface area contributed by atoms with E-state index in [4.69, 9.17) is 0 Å². The molecule has 3 unspecified atom stereocenters. The third kappa shape index (κ3) is 1.77. The molecule has 2 bridgehead atoms. The molecule has 5 saturated carbocycles. The van der Waals surface area contributed by atoms with E-state index in [0.29, 0.717) is 5.92 Å². The molecule has 0 aliphatic heterocycles. The van der Waals surface area contributed by atoms with Gasteiger partial charge >= 0.3 is 0 Å². The van der Waals surface area contributed by atoms with Crippen LogP contribution >= 0.6 is 0 Å². The summed E-state index contributed by atoms with van der Waals surface area (Å²) < 4.78 is 0. The maximum absolute atomic E-state index is 13.6. The second kappa shape index (κ2) is 5.18. The van der Waals surface area contributed by atoms with Crippen molar-refractivity contribution in [1.29, 1.82) is 0 Å². The van der Waals surface area contributed by atoms with Crippen molar-refractivity contribution in [3.8, 4) is 0 Å². The molecular formula is C23H32O2. The van der Waals surface area contributed by atoms with Gasteiger partial charge in [0.15, 0.2) is 11.6 Å². The van der Waals surface area contributed by atoms with Crippen LogP contribution in [-0.2, 0) is 9.59 Å². The predicted molar refractivity (Wildman–Crippen MR) is 100 cm³/mol. The van der Waals surface area contributed by atoms with Crippen LogP contribution in [0.3, 0.4) is 0 Å². The molecule has 1 spiro atoms. The van der Waals surface area contributed by atoms with E-state index in [-0.39, 0.29) is 34.2 Å². The third-order valence-corrected chi connectivity index (χ3v) is 9.06. The first-order valence-electron chi connectivity index (χ1n) is 10.3. The Hall–Kier alpha value is -1.18. The van der Waals surface area contributed by atoms with Crippen LogP contribution in [0.15, 0.2) is 24.3 Å². The number of rotatable bonds is 2. The predicted octanol–water partition coefficient (Wildman–Crippen LogP) is 5.28. The minimum absolute atomic E-state index is 0.0706. The average molecular weight is 341 g/mol. The quantitative estimate of drug-likeness (QED) is 0.506. The van der Waals surface area contributed by atoms with Gasteiger partial charge in [0, 0.05) is 0 Å². The number of ketones is 2. The van der Waals surface area contributed by atoms with Crippen LogP contribution in [0.25, 0.3) is 0 Å². The lowest BCUT2D eigenvalue weighted by Crippen LogP contribution is -2.68. The van der Waals surface area contributed by atoms with Crippen molar-refractivity contribution in [2.75, 3.05) is 0 Å². The van der Waals surface area contributed by atoms with E-state index >= 15 is 0 Å². The first kappa shape index (κ1) is 17.2. The lowest BCUT2D eigenvalue weighted by molar-refractivity contribution is -0.178. The van der Waals surface area contributed by atoms with E-state index in [0.717, 1.165) is 49.7 Å². The van der Waals surface area contributed by atoms with E-state index in [2.05, 4.69) is 33.9 Å². The zero-order valence-electron chi connectivity index (χ0n) is 16.1. The molecule has 5 rings (SSSR count). The zero-order valence-corrected chi connectivity index (χ0v) is 16.1. The normalized spacial score (nSPS) is 49.2. The van der Waals surface area contributed by atoms with Crippen molar-refractivity contribution < 1.29 is 9.59 Å². The molecule has 5 aliphatic carbocycles. The molecule has 5 fully saturated rings. The minimum Gasteiger partial charge on any atom is -0.293 e. The molecule has 0 radical (unpaired) electrons. The molecule has 0 amide bonds. The summed E-state index contributed by atoms with van der Waals surface area (Å²) in [4.78, 5) is 26.9. The summed E-state index contributed by atoms with van der Waals surface area (Å²) in [5.41, 5.74) is 0.884. The number of hydrogen-bond acceptors (Lipinski definition) is 2. The molecule has 0 aromatic carbocycles. The Bertz CT molecular complexity index is 688. The van der Waals surface area contributed by atoms with Crippen molar-refractivity contribution in [2.45, 2.75) is 72.1 Å². The van der Waals surface area contributed by atoms with E-state index in [9.17, 15) is 9.59 Å². The molecule has 0 aromatic heterocycles. The summed E-state index contributed by atoms with van der Waals surface area (Å²) in [5, 5.41) is 0. The van der Waals surface area contributed by atoms with Crippen molar-refractivity contribution in [3.63, 3.8) is 0 Å². The summed E-state index contributed by atoms with van der Waals surface area (Å²) in [6.07, 6.45) is 8.34. The van der Waals surface area contributed by atoms with Gasteiger partial charge in [-0.1, -0.05) is 46.8 Å². The van der Waals surface area contributed by atoms with Crippen LogP contribution in [0.5, 0.6) is 0 Å². The van der Waals surface area contributed by atoms with Crippen LogP contribution in [0.1, 0.15) is 72.1 Å². The Kier molecular flexibility index (Phi) is 3.57. The fraction of sp³-hybridized carbons (Fsp3) is 0.739. The number of carbonyl (C=O) groups is 2. The van der Waals surface area contributed by atoms with Crippen LogP contribution < -0.4 is 0 Å². The highest BCUT2D eigenvalue weighted by Crippen LogP contribution is 2.72. The molecule has 136 valence electrons. The Labute approximate surface area is 152 Å². The van der Waals surface area contributed by atoms with Crippen LogP contribution in [0.2, 0.25) is 0 Å². The Morgan fingerprint density at radius 1 is 1.00 bits per heavy atom. The summed E-state index contributed by atoms with van der Waals surface area (Å²) in [6, 6.07) is 0. The van der Waals surface area contributed by atoms with Gasteiger partial charge in [-0.25, -0.2) is 0 Å². The smallest absolute Gasteiger partial charge is 0.172 e. The van der Waals surface area contributed by atoms with E-state index in [1.54, 1.807) is 0 Å². The molecule has 6 atom stereocenters. The van der Waals surface area contributed by atoms with Crippen molar-refractivity contribution >= 4 is 11.6 Å². The van der Waals surface area contributed by atoms with Crippen LogP contribution in [-0.4, -0.2) is 11.6 Å². The number of allylic oxidation sites excluding steroid dienone is 2. The first-order chi connectivity index (χ1) is 11.8. The van der Waals surface area contributed by atoms with E-state index in [1.165, 1.54) is 12.8 Å². The summed E-state index contributed by atoms with van der Waals surface area (Å²) in [6.45, 7) is 15.3. The Morgan fingerprint density at radius 3 is 2.32 bits per heavy atom. The van der Waals surface area contributed by atoms with Gasteiger partial charge in [-0.15, -0.1) is 0 Å². The SMILES string of the molecule is C=C1C(=O)C23CC[C@@H](CC2[C@]2(CC)CCC[C@@](C)(CC)C12)C(=C)C3=O. The average Bonchev–Trinajstić information content (AvgIpc) is 2.63. The number of hydrogen-bond donors (Lipinski definition) is 0. The van der Waals surface area contributed by atoms with Crippen LogP contribution in [0.4, 0.5) is 0 Å². The van der Waals surface area contributed by atoms with Gasteiger partial charge in [0.1, 0.15) is 0 Å². The van der Waals surface area contributed by atoms with E-state index < -0.39 is 5.41 Å². The molecule has 5 aliphatic rings. The third-order valence-electron chi connectivity index (χ3n) is 9.06. The maximum Gasteiger partial charge on any atom is 0.172 e. The van der Waals surface area contributed by atoms with Gasteiger partial charge < -0.3 is 0 Å². The summed E-state index contributed by atoms with van der Waals surface area (Å²) in [5.74, 6) is 0.902. The lowest BCUT2D eigenvalue weighted by Gasteiger charge is -2.67. The standard InChI is InChI=1S/C23H32O2/c1-6-21(5)10-8-11-22(7-2)17-13-16-9-12-23(17,19(24)14(16)3)20(25)15(4)18(21)22/h16-18H,3-4,6-13H2,1-2,5H3/t16-,17?,18?,21+,22-,23?/m0/s1. The summed E-state index contributed by atoms with van der Waals surface area (Å²) >= 11 is 0. The first-order valence-corrected chi connectivity index (χ1v) is 10.3. The highest BCUT2D eigenvalue weighted by molar-refractivity contribution is 6.21. The second-order valence-electron chi connectivity index (χ2n) is 9.58. The highest BCUT2D eigenvalue weighted by Gasteiger charge is 2.71. The van der Waals surface area contributed by atoms with Crippen LogP contribution in [0, 0.1) is 34.0 Å². The Morgan fingerprint density at radius 2 is 1.68 bits per heavy atom. The van der Waals surface area contributed by atoms with Gasteiger partial charge in [-0.2, -0.15) is 0 Å². The molecule has 25 heavy (non-hydrogen) atoms. The van der Waals surface area contributed by atoms with E-state index in [1.807, 2.05) is 0 Å². The maximum atomic E-state index is 13.6.